The van der Waals surface area contributed by atoms with Crippen LogP contribution in [0.2, 0.25) is 0 Å². The van der Waals surface area contributed by atoms with Gasteiger partial charge in [-0.05, 0) is 33.1 Å². The maximum atomic E-state index is 11.7. The van der Waals surface area contributed by atoms with Gasteiger partial charge < -0.3 is 19.3 Å². The summed E-state index contributed by atoms with van der Waals surface area (Å²) in [6.07, 6.45) is 9.10. The van der Waals surface area contributed by atoms with Crippen LogP contribution in [0.5, 0.6) is 0 Å². The normalized spacial score (nSPS) is 23.9. The van der Waals surface area contributed by atoms with Gasteiger partial charge in [0.05, 0.1) is 12.7 Å². The molecule has 0 heterocycles. The molecule has 1 fully saturated rings. The van der Waals surface area contributed by atoms with Crippen molar-refractivity contribution in [3.8, 4) is 11.8 Å². The predicted octanol–water partition coefficient (Wildman–Crippen LogP) is 4.11. The first-order valence-electron chi connectivity index (χ1n) is 11.8. The first-order valence-corrected chi connectivity index (χ1v) is 11.8. The number of hydrogen-bond acceptors (Lipinski definition) is 7. The third kappa shape index (κ3) is 11.4. The number of hydrogen-bond donors (Lipinski definition) is 1. The van der Waals surface area contributed by atoms with Gasteiger partial charge in [0.1, 0.15) is 12.2 Å². The summed E-state index contributed by atoms with van der Waals surface area (Å²) >= 11 is 0. The zero-order valence-electron chi connectivity index (χ0n) is 20.7. The van der Waals surface area contributed by atoms with Gasteiger partial charge >= 0.3 is 17.9 Å². The molecule has 0 amide bonds. The molecule has 1 unspecified atom stereocenters. The van der Waals surface area contributed by atoms with E-state index in [1.807, 2.05) is 6.08 Å². The number of esters is 3. The second-order valence-corrected chi connectivity index (χ2v) is 8.94. The quantitative estimate of drug-likeness (QED) is 0.144. The van der Waals surface area contributed by atoms with Crippen molar-refractivity contribution in [3.63, 3.8) is 0 Å². The van der Waals surface area contributed by atoms with Crippen molar-refractivity contribution in [1.82, 2.24) is 0 Å². The van der Waals surface area contributed by atoms with Crippen molar-refractivity contribution < 1.29 is 33.7 Å². The summed E-state index contributed by atoms with van der Waals surface area (Å²) in [6.45, 7) is 6.25. The van der Waals surface area contributed by atoms with E-state index in [0.29, 0.717) is 25.7 Å². The van der Waals surface area contributed by atoms with Gasteiger partial charge in [0.2, 0.25) is 0 Å². The highest BCUT2D eigenvalue weighted by Gasteiger charge is 2.45. The molecule has 0 saturated heterocycles. The van der Waals surface area contributed by atoms with Crippen LogP contribution in [-0.2, 0) is 28.6 Å². The molecule has 5 atom stereocenters. The molecular weight excluding hydrogens is 424 g/mol. The minimum Gasteiger partial charge on any atom is -0.469 e. The first-order chi connectivity index (χ1) is 15.6. The minimum atomic E-state index is -1.04. The van der Waals surface area contributed by atoms with Gasteiger partial charge in [-0.3, -0.25) is 14.4 Å². The van der Waals surface area contributed by atoms with Crippen molar-refractivity contribution in [2.45, 2.75) is 103 Å². The van der Waals surface area contributed by atoms with Crippen molar-refractivity contribution in [2.75, 3.05) is 7.11 Å². The third-order valence-electron chi connectivity index (χ3n) is 6.01. The summed E-state index contributed by atoms with van der Waals surface area (Å²) in [5.41, 5.74) is -1.04. The van der Waals surface area contributed by atoms with Crippen molar-refractivity contribution in [2.24, 2.45) is 11.8 Å². The standard InChI is InChI=1S/C26H40O7/c1-6-7-12-16-26(4,30)17-15-22-21(13-10-8-9-11-14-25(29)31-5)23(32-19(2)27)18-24(22)33-20(3)28/h15,17,21-24,30H,8-14,16,18H2,1-5H3/t21-,22-,23+,24-,26?/m1/s1. The Morgan fingerprint density at radius 2 is 1.70 bits per heavy atom. The molecule has 1 saturated carbocycles. The molecule has 7 heteroatoms. The van der Waals surface area contributed by atoms with E-state index in [-0.39, 0.29) is 35.8 Å². The van der Waals surface area contributed by atoms with E-state index in [1.165, 1.54) is 21.0 Å². The van der Waals surface area contributed by atoms with Crippen LogP contribution in [0.4, 0.5) is 0 Å². The lowest BCUT2D eigenvalue weighted by Crippen LogP contribution is -2.27. The Morgan fingerprint density at radius 3 is 2.30 bits per heavy atom. The summed E-state index contributed by atoms with van der Waals surface area (Å²) < 4.78 is 15.8. The van der Waals surface area contributed by atoms with E-state index in [0.717, 1.165) is 32.1 Å². The van der Waals surface area contributed by atoms with Gasteiger partial charge in [-0.2, -0.15) is 0 Å². The van der Waals surface area contributed by atoms with E-state index >= 15 is 0 Å². The molecule has 0 bridgehead atoms. The fourth-order valence-electron chi connectivity index (χ4n) is 4.37. The van der Waals surface area contributed by atoms with Gasteiger partial charge in [0.15, 0.2) is 0 Å². The highest BCUT2D eigenvalue weighted by Crippen LogP contribution is 2.41. The molecular formula is C26H40O7. The van der Waals surface area contributed by atoms with Crippen molar-refractivity contribution >= 4 is 17.9 Å². The van der Waals surface area contributed by atoms with Crippen molar-refractivity contribution in [3.05, 3.63) is 12.2 Å². The molecule has 0 aromatic carbocycles. The second-order valence-electron chi connectivity index (χ2n) is 8.94. The smallest absolute Gasteiger partial charge is 0.305 e. The number of methoxy groups -OCH3 is 1. The molecule has 1 rings (SSSR count). The van der Waals surface area contributed by atoms with Crippen molar-refractivity contribution in [1.29, 1.82) is 0 Å². The minimum absolute atomic E-state index is 0.0265. The molecule has 0 aromatic heterocycles. The van der Waals surface area contributed by atoms with Crippen LogP contribution >= 0.6 is 0 Å². The summed E-state index contributed by atoms with van der Waals surface area (Å²) in [7, 11) is 1.39. The lowest BCUT2D eigenvalue weighted by atomic mass is 9.86. The molecule has 0 aromatic rings. The summed E-state index contributed by atoms with van der Waals surface area (Å²) in [5.74, 6) is 4.65. The van der Waals surface area contributed by atoms with Crippen LogP contribution in [0.25, 0.3) is 0 Å². The molecule has 0 aliphatic heterocycles. The predicted molar refractivity (Wildman–Crippen MR) is 125 cm³/mol. The largest absolute Gasteiger partial charge is 0.469 e. The SMILES string of the molecule is CC#CCCC(C)(O)C=C[C@@H]1[C@@H](CCCCCCC(=O)OC)[C@@H](OC(C)=O)C[C@H]1OC(C)=O. The highest BCUT2D eigenvalue weighted by molar-refractivity contribution is 5.69. The zero-order valence-corrected chi connectivity index (χ0v) is 20.7. The van der Waals surface area contributed by atoms with Crippen LogP contribution < -0.4 is 0 Å². The van der Waals surface area contributed by atoms with Crippen LogP contribution in [0.3, 0.4) is 0 Å². The average Bonchev–Trinajstić information content (AvgIpc) is 3.03. The summed E-state index contributed by atoms with van der Waals surface area (Å²) in [5, 5.41) is 10.7. The Morgan fingerprint density at radius 1 is 1.06 bits per heavy atom. The number of aliphatic hydroxyl groups is 1. The van der Waals surface area contributed by atoms with E-state index in [4.69, 9.17) is 9.47 Å². The van der Waals surface area contributed by atoms with E-state index in [1.54, 1.807) is 19.9 Å². The maximum absolute atomic E-state index is 11.7. The van der Waals surface area contributed by atoms with E-state index < -0.39 is 11.7 Å². The van der Waals surface area contributed by atoms with Crippen LogP contribution in [0.15, 0.2) is 12.2 Å². The summed E-state index contributed by atoms with van der Waals surface area (Å²) in [4.78, 5) is 34.7. The third-order valence-corrected chi connectivity index (χ3v) is 6.01. The molecule has 0 radical (unpaired) electrons. The molecule has 7 nitrogen and oxygen atoms in total. The highest BCUT2D eigenvalue weighted by atomic mass is 16.6. The molecule has 1 N–H and O–H groups in total. The van der Waals surface area contributed by atoms with E-state index in [9.17, 15) is 19.5 Å². The molecule has 1 aliphatic rings. The number of unbranched alkanes of at least 4 members (excludes halogenated alkanes) is 3. The Labute approximate surface area is 198 Å². The van der Waals surface area contributed by atoms with Gasteiger partial charge in [0.25, 0.3) is 0 Å². The number of rotatable bonds is 13. The number of carbonyl (C=O) groups excluding carboxylic acids is 3. The monoisotopic (exact) mass is 464 g/mol. The Bertz CT molecular complexity index is 729. The lowest BCUT2D eigenvalue weighted by molar-refractivity contribution is -0.149. The Hall–Kier alpha value is -2.33. The van der Waals surface area contributed by atoms with Crippen LogP contribution in [0.1, 0.15) is 85.5 Å². The molecule has 186 valence electrons. The number of carbonyl (C=O) groups is 3. The van der Waals surface area contributed by atoms with Gasteiger partial charge in [-0.1, -0.05) is 31.4 Å². The average molecular weight is 465 g/mol. The van der Waals surface area contributed by atoms with Gasteiger partial charge in [-0.15, -0.1) is 11.8 Å². The maximum Gasteiger partial charge on any atom is 0.305 e. The molecule has 33 heavy (non-hydrogen) atoms. The second kappa shape index (κ2) is 14.7. The van der Waals surface area contributed by atoms with Crippen LogP contribution in [-0.4, -0.2) is 47.9 Å². The van der Waals surface area contributed by atoms with Crippen LogP contribution in [0, 0.1) is 23.7 Å². The van der Waals surface area contributed by atoms with Gasteiger partial charge in [0, 0.05) is 44.9 Å². The van der Waals surface area contributed by atoms with E-state index in [2.05, 4.69) is 16.6 Å². The lowest BCUT2D eigenvalue weighted by Gasteiger charge is -2.25. The fourth-order valence-corrected chi connectivity index (χ4v) is 4.37. The topological polar surface area (TPSA) is 99.1 Å². The zero-order chi connectivity index (χ0) is 24.9. The Balaban J connectivity index is 2.90. The molecule has 1 aliphatic carbocycles. The molecule has 0 spiro atoms. The van der Waals surface area contributed by atoms with Gasteiger partial charge in [-0.25, -0.2) is 0 Å². The summed E-state index contributed by atoms with van der Waals surface area (Å²) in [6, 6.07) is 0. The first kappa shape index (κ1) is 28.7. The fraction of sp³-hybridized carbons (Fsp3) is 0.731. The number of ether oxygens (including phenoxy) is 3. The Kier molecular flexibility index (Phi) is 12.8.